The molecule has 0 aliphatic heterocycles. The number of benzene rings is 2. The Balaban J connectivity index is 1.67. The molecule has 0 saturated heterocycles. The van der Waals surface area contributed by atoms with Crippen molar-refractivity contribution in [1.29, 1.82) is 0 Å². The van der Waals surface area contributed by atoms with Gasteiger partial charge in [-0.05, 0) is 44.0 Å². The number of nitro groups is 2. The maximum atomic E-state index is 10.7. The molecule has 0 N–H and O–H groups in total. The first kappa shape index (κ1) is 21.1. The van der Waals surface area contributed by atoms with E-state index >= 15 is 0 Å². The van der Waals surface area contributed by atoms with Crippen molar-refractivity contribution in [1.82, 2.24) is 0 Å². The fourth-order valence-corrected chi connectivity index (χ4v) is 2.93. The third-order valence-corrected chi connectivity index (χ3v) is 4.46. The number of non-ortho nitro benzene ring substituents is 2. The van der Waals surface area contributed by atoms with Gasteiger partial charge in [0.15, 0.2) is 0 Å². The summed E-state index contributed by atoms with van der Waals surface area (Å²) in [5.74, 6) is 0.963. The number of nitro benzene ring substituents is 2. The van der Waals surface area contributed by atoms with Crippen molar-refractivity contribution in [3.8, 4) is 11.5 Å². The van der Waals surface area contributed by atoms with Crippen LogP contribution in [-0.2, 0) is 4.74 Å². The largest absolute Gasteiger partial charge is 0.490 e. The lowest BCUT2D eigenvalue weighted by molar-refractivity contribution is -0.385. The lowest BCUT2D eigenvalue weighted by atomic mass is 10.3. The average Bonchev–Trinajstić information content (AvgIpc) is 2.62. The molecule has 0 aliphatic rings. The Kier molecular flexibility index (Phi) is 7.95. The van der Waals surface area contributed by atoms with Crippen LogP contribution in [-0.4, -0.2) is 36.3 Å². The summed E-state index contributed by atoms with van der Waals surface area (Å²) >= 11 is 6.44. The van der Waals surface area contributed by atoms with Crippen molar-refractivity contribution < 1.29 is 24.1 Å². The molecule has 9 nitrogen and oxygen atoms in total. The summed E-state index contributed by atoms with van der Waals surface area (Å²) in [6, 6.07) is 8.47. The molecule has 0 bridgehead atoms. The highest BCUT2D eigenvalue weighted by Crippen LogP contribution is 2.30. The minimum atomic E-state index is -0.485. The van der Waals surface area contributed by atoms with E-state index in [0.29, 0.717) is 33.7 Å². The molecule has 0 aliphatic carbocycles. The standard InChI is InChI=1S/C16H14Br2N2O7/c17-13-9-11(19(21)22)1-3-15(13)26-7-5-25-6-8-27-16-4-2-12(20(23)24)10-14(16)18/h1-4,9-10H,5-8H2. The molecule has 11 heteroatoms. The van der Waals surface area contributed by atoms with Crippen LogP contribution in [0.3, 0.4) is 0 Å². The SMILES string of the molecule is O=[N+]([O-])c1ccc(OCCOCCOc2ccc([N+](=O)[O-])cc2Br)c(Br)c1. The van der Waals surface area contributed by atoms with Crippen molar-refractivity contribution >= 4 is 43.2 Å². The molecule has 144 valence electrons. The van der Waals surface area contributed by atoms with E-state index in [1.165, 1.54) is 36.4 Å². The van der Waals surface area contributed by atoms with Crippen molar-refractivity contribution in [2.24, 2.45) is 0 Å². The van der Waals surface area contributed by atoms with E-state index in [1.54, 1.807) is 0 Å². The zero-order valence-corrected chi connectivity index (χ0v) is 17.0. The quantitative estimate of drug-likeness (QED) is 0.265. The van der Waals surface area contributed by atoms with Crippen LogP contribution in [0.15, 0.2) is 45.3 Å². The van der Waals surface area contributed by atoms with Crippen LogP contribution in [0.1, 0.15) is 0 Å². The smallest absolute Gasteiger partial charge is 0.270 e. The number of halogens is 2. The number of nitrogens with zero attached hydrogens (tertiary/aromatic N) is 2. The third-order valence-electron chi connectivity index (χ3n) is 3.22. The molecule has 0 aromatic heterocycles. The molecule has 2 aromatic rings. The van der Waals surface area contributed by atoms with E-state index < -0.39 is 9.85 Å². The molecule has 0 fully saturated rings. The Morgan fingerprint density at radius 3 is 1.48 bits per heavy atom. The summed E-state index contributed by atoms with van der Waals surface area (Å²) in [5, 5.41) is 21.3. The lowest BCUT2D eigenvalue weighted by Gasteiger charge is -2.10. The lowest BCUT2D eigenvalue weighted by Crippen LogP contribution is -2.12. The van der Waals surface area contributed by atoms with Gasteiger partial charge in [0, 0.05) is 24.3 Å². The maximum absolute atomic E-state index is 10.7. The Morgan fingerprint density at radius 2 is 1.15 bits per heavy atom. The van der Waals surface area contributed by atoms with Crippen molar-refractivity contribution in [3.63, 3.8) is 0 Å². The molecule has 2 rings (SSSR count). The van der Waals surface area contributed by atoms with Crippen LogP contribution in [0, 0.1) is 20.2 Å². The van der Waals surface area contributed by atoms with Gasteiger partial charge < -0.3 is 14.2 Å². The molecule has 0 saturated carbocycles. The van der Waals surface area contributed by atoms with Crippen molar-refractivity contribution in [3.05, 3.63) is 65.6 Å². The van der Waals surface area contributed by atoms with Crippen LogP contribution >= 0.6 is 31.9 Å². The Bertz CT molecular complexity index is 765. The van der Waals surface area contributed by atoms with Gasteiger partial charge in [0.25, 0.3) is 11.4 Å². The predicted molar refractivity (Wildman–Crippen MR) is 103 cm³/mol. The van der Waals surface area contributed by atoms with E-state index in [2.05, 4.69) is 31.9 Å². The highest BCUT2D eigenvalue weighted by atomic mass is 79.9. The van der Waals surface area contributed by atoms with Gasteiger partial charge in [-0.3, -0.25) is 20.2 Å². The Morgan fingerprint density at radius 1 is 0.741 bits per heavy atom. The molecular formula is C16H14Br2N2O7. The van der Waals surface area contributed by atoms with Gasteiger partial charge >= 0.3 is 0 Å². The fraction of sp³-hybridized carbons (Fsp3) is 0.250. The number of hydrogen-bond donors (Lipinski definition) is 0. The van der Waals surface area contributed by atoms with Gasteiger partial charge in [0.1, 0.15) is 24.7 Å². The van der Waals surface area contributed by atoms with Crippen molar-refractivity contribution in [2.75, 3.05) is 26.4 Å². The first-order valence-electron chi connectivity index (χ1n) is 7.59. The molecular weight excluding hydrogens is 492 g/mol. The van der Waals surface area contributed by atoms with Crippen molar-refractivity contribution in [2.45, 2.75) is 0 Å². The minimum Gasteiger partial charge on any atom is -0.490 e. The second-order valence-corrected chi connectivity index (χ2v) is 6.76. The molecule has 2 aromatic carbocycles. The highest BCUT2D eigenvalue weighted by Gasteiger charge is 2.11. The maximum Gasteiger partial charge on any atom is 0.270 e. The van der Waals surface area contributed by atoms with Gasteiger partial charge in [-0.1, -0.05) is 0 Å². The topological polar surface area (TPSA) is 114 Å². The summed E-state index contributed by atoms with van der Waals surface area (Å²) in [6.07, 6.45) is 0. The van der Waals surface area contributed by atoms with Gasteiger partial charge in [0.05, 0.1) is 32.0 Å². The minimum absolute atomic E-state index is 0.0278. The first-order valence-corrected chi connectivity index (χ1v) is 9.18. The van der Waals surface area contributed by atoms with Crippen LogP contribution in [0.5, 0.6) is 11.5 Å². The summed E-state index contributed by atoms with van der Waals surface area (Å²) in [6.45, 7) is 1.12. The molecule has 0 heterocycles. The highest BCUT2D eigenvalue weighted by molar-refractivity contribution is 9.10. The molecule has 0 atom stereocenters. The van der Waals surface area contributed by atoms with E-state index in [9.17, 15) is 20.2 Å². The second kappa shape index (κ2) is 10.2. The molecule has 0 amide bonds. The molecule has 27 heavy (non-hydrogen) atoms. The molecule has 0 radical (unpaired) electrons. The van der Waals surface area contributed by atoms with E-state index in [0.717, 1.165) is 0 Å². The third kappa shape index (κ3) is 6.45. The second-order valence-electron chi connectivity index (χ2n) is 5.05. The average molecular weight is 506 g/mol. The van der Waals surface area contributed by atoms with Crippen LogP contribution < -0.4 is 9.47 Å². The zero-order valence-electron chi connectivity index (χ0n) is 13.8. The number of rotatable bonds is 10. The number of ether oxygens (including phenoxy) is 3. The van der Waals surface area contributed by atoms with E-state index in [1.807, 2.05) is 0 Å². The molecule has 0 spiro atoms. The van der Waals surface area contributed by atoms with E-state index in [4.69, 9.17) is 14.2 Å². The Labute approximate surface area is 170 Å². The van der Waals surface area contributed by atoms with Gasteiger partial charge in [-0.25, -0.2) is 0 Å². The van der Waals surface area contributed by atoms with Crippen LogP contribution in [0.25, 0.3) is 0 Å². The number of hydrogen-bond acceptors (Lipinski definition) is 7. The Hall–Kier alpha value is -2.24. The van der Waals surface area contributed by atoms with Crippen LogP contribution in [0.4, 0.5) is 11.4 Å². The summed E-state index contributed by atoms with van der Waals surface area (Å²) in [7, 11) is 0. The normalized spacial score (nSPS) is 10.4. The predicted octanol–water partition coefficient (Wildman–Crippen LogP) is 4.50. The summed E-state index contributed by atoms with van der Waals surface area (Å²) in [4.78, 5) is 20.4. The van der Waals surface area contributed by atoms with E-state index in [-0.39, 0.29) is 24.6 Å². The summed E-state index contributed by atoms with van der Waals surface area (Å²) in [5.41, 5.74) is -0.0555. The van der Waals surface area contributed by atoms with Gasteiger partial charge in [0.2, 0.25) is 0 Å². The fourth-order valence-electron chi connectivity index (χ4n) is 1.96. The zero-order chi connectivity index (χ0) is 19.8. The monoisotopic (exact) mass is 504 g/mol. The van der Waals surface area contributed by atoms with Gasteiger partial charge in [-0.2, -0.15) is 0 Å². The van der Waals surface area contributed by atoms with Crippen LogP contribution in [0.2, 0.25) is 0 Å². The summed E-state index contributed by atoms with van der Waals surface area (Å²) < 4.78 is 17.3. The molecule has 0 unspecified atom stereocenters. The van der Waals surface area contributed by atoms with Gasteiger partial charge in [-0.15, -0.1) is 0 Å². The first-order chi connectivity index (χ1) is 12.9.